The van der Waals surface area contributed by atoms with Gasteiger partial charge in [-0.05, 0) is 13.8 Å². The van der Waals surface area contributed by atoms with Crippen LogP contribution in [0.4, 0.5) is 0 Å². The Balaban J connectivity index is 1.74. The molecule has 2 aliphatic rings. The van der Waals surface area contributed by atoms with E-state index >= 15 is 0 Å². The van der Waals surface area contributed by atoms with Crippen molar-refractivity contribution in [2.45, 2.75) is 18.6 Å². The second kappa shape index (κ2) is 7.80. The lowest BCUT2D eigenvalue weighted by molar-refractivity contribution is 0.303. The zero-order chi connectivity index (χ0) is 14.4. The van der Waals surface area contributed by atoms with Crippen LogP contribution in [0.1, 0.15) is 13.8 Å². The molecule has 2 fully saturated rings. The normalized spacial score (nSPS) is 24.8. The van der Waals surface area contributed by atoms with Gasteiger partial charge in [-0.1, -0.05) is 0 Å². The molecule has 20 heavy (non-hydrogen) atoms. The molecule has 2 aliphatic heterocycles. The molecule has 1 N–H and O–H groups in total. The van der Waals surface area contributed by atoms with Crippen LogP contribution in [0, 0.1) is 0 Å². The van der Waals surface area contributed by atoms with E-state index in [9.17, 15) is 0 Å². The van der Waals surface area contributed by atoms with Crippen molar-refractivity contribution in [3.63, 3.8) is 0 Å². The maximum absolute atomic E-state index is 4.46. The highest BCUT2D eigenvalue weighted by atomic mass is 32.2. The Bertz CT molecular complexity index is 327. The summed E-state index contributed by atoms with van der Waals surface area (Å²) >= 11 is 4.13. The summed E-state index contributed by atoms with van der Waals surface area (Å²) in [5.74, 6) is 4.83. The van der Waals surface area contributed by atoms with E-state index in [2.05, 4.69) is 57.5 Å². The Morgan fingerprint density at radius 2 is 1.95 bits per heavy atom. The van der Waals surface area contributed by atoms with Gasteiger partial charge in [0.2, 0.25) is 0 Å². The smallest absolute Gasteiger partial charge is 0.193 e. The molecule has 0 aromatic rings. The molecule has 0 aromatic heterocycles. The summed E-state index contributed by atoms with van der Waals surface area (Å²) in [7, 11) is 1.90. The van der Waals surface area contributed by atoms with Gasteiger partial charge in [0.05, 0.1) is 0 Å². The Morgan fingerprint density at radius 1 is 1.20 bits per heavy atom. The summed E-state index contributed by atoms with van der Waals surface area (Å²) in [4.78, 5) is 9.41. The fourth-order valence-corrected chi connectivity index (χ4v) is 4.77. The number of aliphatic imine (C=N–C) groups is 1. The fraction of sp³-hybridized carbons (Fsp3) is 0.929. The number of rotatable bonds is 3. The van der Waals surface area contributed by atoms with Crippen LogP contribution >= 0.6 is 23.5 Å². The summed E-state index contributed by atoms with van der Waals surface area (Å²) < 4.78 is 0.333. The third kappa shape index (κ3) is 5.04. The van der Waals surface area contributed by atoms with E-state index in [-0.39, 0.29) is 0 Å². The van der Waals surface area contributed by atoms with Crippen LogP contribution in [-0.2, 0) is 0 Å². The van der Waals surface area contributed by atoms with Gasteiger partial charge in [0.1, 0.15) is 0 Å². The fourth-order valence-electron chi connectivity index (χ4n) is 2.68. The van der Waals surface area contributed by atoms with Gasteiger partial charge in [-0.2, -0.15) is 23.5 Å². The standard InChI is InChI=1S/C14H28N4S2/c1-14(2)12-18(8-11-20-14)13(15-3)16-4-5-17-6-9-19-10-7-17/h4-12H2,1-3H3,(H,15,16). The van der Waals surface area contributed by atoms with Gasteiger partial charge in [0, 0.05) is 68.3 Å². The first-order valence-electron chi connectivity index (χ1n) is 7.50. The third-order valence-electron chi connectivity index (χ3n) is 3.75. The molecule has 2 rings (SSSR count). The van der Waals surface area contributed by atoms with Crippen LogP contribution in [0.15, 0.2) is 4.99 Å². The first-order valence-corrected chi connectivity index (χ1v) is 9.64. The molecule has 6 heteroatoms. The summed E-state index contributed by atoms with van der Waals surface area (Å²) in [6.07, 6.45) is 0. The van der Waals surface area contributed by atoms with Crippen LogP contribution in [-0.4, -0.2) is 84.1 Å². The van der Waals surface area contributed by atoms with E-state index in [1.54, 1.807) is 0 Å². The van der Waals surface area contributed by atoms with Crippen molar-refractivity contribution in [1.82, 2.24) is 15.1 Å². The largest absolute Gasteiger partial charge is 0.355 e. The highest BCUT2D eigenvalue weighted by molar-refractivity contribution is 8.00. The molecular weight excluding hydrogens is 288 g/mol. The van der Waals surface area contributed by atoms with Gasteiger partial charge in [-0.3, -0.25) is 9.89 Å². The maximum atomic E-state index is 4.46. The molecule has 0 bridgehead atoms. The molecule has 116 valence electrons. The van der Waals surface area contributed by atoms with Gasteiger partial charge in [-0.25, -0.2) is 0 Å². The van der Waals surface area contributed by atoms with Crippen molar-refractivity contribution < 1.29 is 0 Å². The number of hydrogen-bond acceptors (Lipinski definition) is 4. The van der Waals surface area contributed by atoms with Crippen molar-refractivity contribution in [2.24, 2.45) is 4.99 Å². The van der Waals surface area contributed by atoms with Crippen molar-refractivity contribution in [3.8, 4) is 0 Å². The minimum absolute atomic E-state index is 0.333. The lowest BCUT2D eigenvalue weighted by atomic mass is 10.2. The van der Waals surface area contributed by atoms with Crippen LogP contribution in [0.25, 0.3) is 0 Å². The predicted molar refractivity (Wildman–Crippen MR) is 93.2 cm³/mol. The van der Waals surface area contributed by atoms with Gasteiger partial charge in [0.15, 0.2) is 5.96 Å². The summed E-state index contributed by atoms with van der Waals surface area (Å²) in [5, 5.41) is 3.54. The molecule has 2 heterocycles. The number of thioether (sulfide) groups is 2. The predicted octanol–water partition coefficient (Wildman–Crippen LogP) is 1.44. The molecule has 2 saturated heterocycles. The minimum Gasteiger partial charge on any atom is -0.355 e. The highest BCUT2D eigenvalue weighted by Crippen LogP contribution is 2.29. The number of hydrogen-bond donors (Lipinski definition) is 1. The quantitative estimate of drug-likeness (QED) is 0.629. The van der Waals surface area contributed by atoms with Crippen molar-refractivity contribution in [2.75, 3.05) is 63.6 Å². The van der Waals surface area contributed by atoms with Crippen LogP contribution in [0.5, 0.6) is 0 Å². The van der Waals surface area contributed by atoms with Crippen molar-refractivity contribution >= 4 is 29.5 Å². The van der Waals surface area contributed by atoms with Crippen molar-refractivity contribution in [1.29, 1.82) is 0 Å². The Hall–Kier alpha value is -0.0700. The second-order valence-corrected chi connectivity index (χ2v) is 8.98. The Morgan fingerprint density at radius 3 is 2.60 bits per heavy atom. The zero-order valence-electron chi connectivity index (χ0n) is 13.0. The SMILES string of the molecule is CN=C(NCCN1CCSCC1)N1CCSC(C)(C)C1. The molecular formula is C14H28N4S2. The Labute approximate surface area is 132 Å². The molecule has 4 nitrogen and oxygen atoms in total. The number of guanidine groups is 1. The molecule has 0 saturated carbocycles. The van der Waals surface area contributed by atoms with E-state index in [0.717, 1.165) is 32.1 Å². The van der Waals surface area contributed by atoms with Crippen LogP contribution in [0.3, 0.4) is 0 Å². The lowest BCUT2D eigenvalue weighted by Crippen LogP contribution is -2.52. The highest BCUT2D eigenvalue weighted by Gasteiger charge is 2.28. The second-order valence-electron chi connectivity index (χ2n) is 5.96. The van der Waals surface area contributed by atoms with E-state index in [1.807, 2.05) is 7.05 Å². The summed E-state index contributed by atoms with van der Waals surface area (Å²) in [5.41, 5.74) is 0. The molecule has 0 amide bonds. The van der Waals surface area contributed by atoms with Crippen LogP contribution in [0.2, 0.25) is 0 Å². The molecule has 0 aliphatic carbocycles. The maximum Gasteiger partial charge on any atom is 0.193 e. The molecule has 0 atom stereocenters. The average molecular weight is 317 g/mol. The van der Waals surface area contributed by atoms with Gasteiger partial charge >= 0.3 is 0 Å². The first kappa shape index (κ1) is 16.3. The first-order chi connectivity index (χ1) is 9.61. The molecule has 0 spiro atoms. The van der Waals surface area contributed by atoms with E-state index in [1.165, 1.54) is 30.3 Å². The topological polar surface area (TPSA) is 30.9 Å². The van der Waals surface area contributed by atoms with Gasteiger partial charge < -0.3 is 10.2 Å². The average Bonchev–Trinajstić information content (AvgIpc) is 2.43. The van der Waals surface area contributed by atoms with Crippen LogP contribution < -0.4 is 5.32 Å². The lowest BCUT2D eigenvalue weighted by Gasteiger charge is -2.39. The Kier molecular flexibility index (Phi) is 6.36. The molecule has 0 unspecified atom stereocenters. The molecule has 0 aromatic carbocycles. The monoisotopic (exact) mass is 316 g/mol. The van der Waals surface area contributed by atoms with Crippen molar-refractivity contribution in [3.05, 3.63) is 0 Å². The minimum atomic E-state index is 0.333. The number of nitrogens with zero attached hydrogens (tertiary/aromatic N) is 3. The van der Waals surface area contributed by atoms with Gasteiger partial charge in [-0.15, -0.1) is 0 Å². The van der Waals surface area contributed by atoms with E-state index in [0.29, 0.717) is 4.75 Å². The third-order valence-corrected chi connectivity index (χ3v) is 5.99. The summed E-state index contributed by atoms with van der Waals surface area (Å²) in [6.45, 7) is 11.4. The summed E-state index contributed by atoms with van der Waals surface area (Å²) in [6, 6.07) is 0. The zero-order valence-corrected chi connectivity index (χ0v) is 14.7. The number of nitrogens with one attached hydrogen (secondary N) is 1. The van der Waals surface area contributed by atoms with Gasteiger partial charge in [0.25, 0.3) is 0 Å². The van der Waals surface area contributed by atoms with E-state index < -0.39 is 0 Å². The van der Waals surface area contributed by atoms with E-state index in [4.69, 9.17) is 0 Å². The molecule has 0 radical (unpaired) electrons.